The number of amides is 1. The molecular weight excluding hydrogens is 238 g/mol. The number of piperidine rings is 1. The van der Waals surface area contributed by atoms with Crippen molar-refractivity contribution in [2.75, 3.05) is 26.7 Å². The highest BCUT2D eigenvalue weighted by Crippen LogP contribution is 2.16. The van der Waals surface area contributed by atoms with Gasteiger partial charge in [0.1, 0.15) is 5.69 Å². The molecule has 0 bridgehead atoms. The van der Waals surface area contributed by atoms with Gasteiger partial charge in [0.25, 0.3) is 5.91 Å². The molecule has 2 heterocycles. The standard InChI is InChI=1S/C15H25N3O/c1-12(2)18-10-4-5-14(18)15(19)17(3)11-13-6-8-16-9-7-13/h4-5,10,12-13,16H,6-9,11H2,1-3H3. The molecule has 1 amide bonds. The predicted molar refractivity (Wildman–Crippen MR) is 77.4 cm³/mol. The van der Waals surface area contributed by atoms with Crippen LogP contribution >= 0.6 is 0 Å². The lowest BCUT2D eigenvalue weighted by Gasteiger charge is -2.28. The second kappa shape index (κ2) is 6.24. The zero-order chi connectivity index (χ0) is 13.8. The summed E-state index contributed by atoms with van der Waals surface area (Å²) in [6, 6.07) is 4.19. The Kier molecular flexibility index (Phi) is 4.64. The quantitative estimate of drug-likeness (QED) is 0.903. The molecule has 0 spiro atoms. The third kappa shape index (κ3) is 3.38. The predicted octanol–water partition coefficient (Wildman–Crippen LogP) is 2.14. The van der Waals surface area contributed by atoms with Gasteiger partial charge in [0.15, 0.2) is 0 Å². The van der Waals surface area contributed by atoms with E-state index in [2.05, 4.69) is 19.2 Å². The normalized spacial score (nSPS) is 16.8. The molecule has 1 aromatic rings. The molecule has 1 N–H and O–H groups in total. The Morgan fingerprint density at radius 1 is 1.47 bits per heavy atom. The Labute approximate surface area is 115 Å². The molecule has 4 heteroatoms. The van der Waals surface area contributed by atoms with Crippen molar-refractivity contribution in [1.82, 2.24) is 14.8 Å². The second-order valence-electron chi connectivity index (χ2n) is 5.77. The second-order valence-corrected chi connectivity index (χ2v) is 5.77. The Bertz CT molecular complexity index is 419. The highest BCUT2D eigenvalue weighted by Gasteiger charge is 2.21. The molecule has 2 rings (SSSR count). The van der Waals surface area contributed by atoms with Crippen LogP contribution in [0.5, 0.6) is 0 Å². The topological polar surface area (TPSA) is 37.3 Å². The van der Waals surface area contributed by atoms with Crippen molar-refractivity contribution in [3.05, 3.63) is 24.0 Å². The van der Waals surface area contributed by atoms with Crippen LogP contribution in [0.25, 0.3) is 0 Å². The first-order valence-corrected chi connectivity index (χ1v) is 7.22. The third-order valence-corrected chi connectivity index (χ3v) is 3.89. The molecule has 0 atom stereocenters. The van der Waals surface area contributed by atoms with Crippen molar-refractivity contribution < 1.29 is 4.79 Å². The zero-order valence-electron chi connectivity index (χ0n) is 12.2. The number of rotatable bonds is 4. The lowest BCUT2D eigenvalue weighted by molar-refractivity contribution is 0.0750. The maximum Gasteiger partial charge on any atom is 0.270 e. The highest BCUT2D eigenvalue weighted by atomic mass is 16.2. The van der Waals surface area contributed by atoms with Crippen LogP contribution in [0, 0.1) is 5.92 Å². The van der Waals surface area contributed by atoms with Crippen LogP contribution < -0.4 is 5.32 Å². The molecule has 1 saturated heterocycles. The molecular formula is C15H25N3O. The summed E-state index contributed by atoms with van der Waals surface area (Å²) in [5.41, 5.74) is 0.798. The Hall–Kier alpha value is -1.29. The molecule has 1 aliphatic rings. The summed E-state index contributed by atoms with van der Waals surface area (Å²) in [5, 5.41) is 3.36. The third-order valence-electron chi connectivity index (χ3n) is 3.89. The largest absolute Gasteiger partial charge is 0.341 e. The molecule has 106 valence electrons. The SMILES string of the molecule is CC(C)n1cccc1C(=O)N(C)CC1CCNCC1. The molecule has 19 heavy (non-hydrogen) atoms. The van der Waals surface area contributed by atoms with Crippen LogP contribution in [0.15, 0.2) is 18.3 Å². The van der Waals surface area contributed by atoms with Gasteiger partial charge >= 0.3 is 0 Å². The van der Waals surface area contributed by atoms with Crippen LogP contribution in [0.3, 0.4) is 0 Å². The lowest BCUT2D eigenvalue weighted by Crippen LogP contribution is -2.37. The first-order chi connectivity index (χ1) is 9.09. The number of hydrogen-bond donors (Lipinski definition) is 1. The maximum absolute atomic E-state index is 12.5. The van der Waals surface area contributed by atoms with Gasteiger partial charge in [-0.25, -0.2) is 0 Å². The minimum absolute atomic E-state index is 0.136. The van der Waals surface area contributed by atoms with Crippen LogP contribution in [0.4, 0.5) is 0 Å². The van der Waals surface area contributed by atoms with Crippen molar-refractivity contribution in [1.29, 1.82) is 0 Å². The van der Waals surface area contributed by atoms with E-state index in [0.717, 1.165) is 25.3 Å². The lowest BCUT2D eigenvalue weighted by atomic mass is 9.97. The fourth-order valence-electron chi connectivity index (χ4n) is 2.76. The van der Waals surface area contributed by atoms with E-state index >= 15 is 0 Å². The smallest absolute Gasteiger partial charge is 0.270 e. The molecule has 4 nitrogen and oxygen atoms in total. The van der Waals surface area contributed by atoms with E-state index in [4.69, 9.17) is 0 Å². The Morgan fingerprint density at radius 3 is 2.79 bits per heavy atom. The minimum Gasteiger partial charge on any atom is -0.341 e. The Balaban J connectivity index is 1.99. The van der Waals surface area contributed by atoms with Crippen molar-refractivity contribution in [2.24, 2.45) is 5.92 Å². The number of hydrogen-bond acceptors (Lipinski definition) is 2. The van der Waals surface area contributed by atoms with Crippen molar-refractivity contribution in [2.45, 2.75) is 32.7 Å². The maximum atomic E-state index is 12.5. The summed E-state index contributed by atoms with van der Waals surface area (Å²) < 4.78 is 2.04. The van der Waals surface area contributed by atoms with Crippen molar-refractivity contribution in [3.8, 4) is 0 Å². The van der Waals surface area contributed by atoms with E-state index in [1.165, 1.54) is 12.8 Å². The van der Waals surface area contributed by atoms with Crippen LogP contribution in [0.1, 0.15) is 43.2 Å². The van der Waals surface area contributed by atoms with Crippen molar-refractivity contribution in [3.63, 3.8) is 0 Å². The number of carbonyl (C=O) groups is 1. The average molecular weight is 263 g/mol. The first-order valence-electron chi connectivity index (χ1n) is 7.22. The van der Waals surface area contributed by atoms with Gasteiger partial charge < -0.3 is 14.8 Å². The van der Waals surface area contributed by atoms with Crippen LogP contribution in [-0.4, -0.2) is 42.1 Å². The molecule has 0 saturated carbocycles. The van der Waals surface area contributed by atoms with Gasteiger partial charge in [-0.15, -0.1) is 0 Å². The molecule has 1 aromatic heterocycles. The zero-order valence-corrected chi connectivity index (χ0v) is 12.2. The average Bonchev–Trinajstić information content (AvgIpc) is 2.88. The van der Waals surface area contributed by atoms with Crippen molar-refractivity contribution >= 4 is 5.91 Å². The van der Waals surface area contributed by atoms with E-state index < -0.39 is 0 Å². The van der Waals surface area contributed by atoms with Gasteiger partial charge in [-0.2, -0.15) is 0 Å². The monoisotopic (exact) mass is 263 g/mol. The minimum atomic E-state index is 0.136. The van der Waals surface area contributed by atoms with Gasteiger partial charge in [-0.3, -0.25) is 4.79 Å². The van der Waals surface area contributed by atoms with E-state index in [9.17, 15) is 4.79 Å². The number of carbonyl (C=O) groups excluding carboxylic acids is 1. The number of aromatic nitrogens is 1. The molecule has 1 aliphatic heterocycles. The summed E-state index contributed by atoms with van der Waals surface area (Å²) in [6.07, 6.45) is 4.32. The fourth-order valence-corrected chi connectivity index (χ4v) is 2.76. The molecule has 0 aliphatic carbocycles. The molecule has 0 unspecified atom stereocenters. The van der Waals surface area contributed by atoms with E-state index in [1.54, 1.807) is 0 Å². The summed E-state index contributed by atoms with van der Waals surface area (Å²) in [7, 11) is 1.92. The van der Waals surface area contributed by atoms with Crippen LogP contribution in [-0.2, 0) is 0 Å². The molecule has 0 radical (unpaired) electrons. The first kappa shape index (κ1) is 14.1. The van der Waals surface area contributed by atoms with Gasteiger partial charge in [0.2, 0.25) is 0 Å². The molecule has 1 fully saturated rings. The van der Waals surface area contributed by atoms with Gasteiger partial charge in [-0.05, 0) is 57.8 Å². The Morgan fingerprint density at radius 2 is 2.16 bits per heavy atom. The number of nitrogens with zero attached hydrogens (tertiary/aromatic N) is 2. The summed E-state index contributed by atoms with van der Waals surface area (Å²) >= 11 is 0. The molecule has 0 aromatic carbocycles. The summed E-state index contributed by atoms with van der Waals surface area (Å²) in [5.74, 6) is 0.773. The van der Waals surface area contributed by atoms with E-state index in [0.29, 0.717) is 12.0 Å². The fraction of sp³-hybridized carbons (Fsp3) is 0.667. The van der Waals surface area contributed by atoms with E-state index in [1.807, 2.05) is 34.8 Å². The van der Waals surface area contributed by atoms with Gasteiger partial charge in [0, 0.05) is 25.8 Å². The van der Waals surface area contributed by atoms with Gasteiger partial charge in [-0.1, -0.05) is 0 Å². The summed E-state index contributed by atoms with van der Waals surface area (Å²) in [4.78, 5) is 14.4. The number of nitrogens with one attached hydrogen (secondary N) is 1. The van der Waals surface area contributed by atoms with Gasteiger partial charge in [0.05, 0.1) is 0 Å². The summed E-state index contributed by atoms with van der Waals surface area (Å²) in [6.45, 7) is 7.22. The highest BCUT2D eigenvalue weighted by molar-refractivity contribution is 5.92. The van der Waals surface area contributed by atoms with Crippen LogP contribution in [0.2, 0.25) is 0 Å². The van der Waals surface area contributed by atoms with E-state index in [-0.39, 0.29) is 5.91 Å².